The highest BCUT2D eigenvalue weighted by Gasteiger charge is 2.11. The van der Waals surface area contributed by atoms with Crippen LogP contribution in [-0.2, 0) is 0 Å². The number of halogens is 1. The Bertz CT molecular complexity index is 1180. The Morgan fingerprint density at radius 1 is 1.07 bits per heavy atom. The number of rotatable bonds is 3. The van der Waals surface area contributed by atoms with E-state index in [0.717, 1.165) is 27.6 Å². The molecule has 6 nitrogen and oxygen atoms in total. The number of nitrogens with two attached hydrogens (primary N) is 1. The van der Waals surface area contributed by atoms with Crippen LogP contribution in [0.15, 0.2) is 60.7 Å². The molecule has 3 aromatic carbocycles. The Morgan fingerprint density at radius 3 is 2.75 bits per heavy atom. The Morgan fingerprint density at radius 2 is 1.89 bits per heavy atom. The summed E-state index contributed by atoms with van der Waals surface area (Å²) in [4.78, 5) is 12.3. The van der Waals surface area contributed by atoms with E-state index in [1.165, 1.54) is 6.07 Å². The van der Waals surface area contributed by atoms with Crippen molar-refractivity contribution < 1.29 is 9.18 Å². The van der Waals surface area contributed by atoms with Gasteiger partial charge in [0.2, 0.25) is 0 Å². The van der Waals surface area contributed by atoms with Gasteiger partial charge < -0.3 is 16.4 Å². The molecule has 0 aliphatic rings. The lowest BCUT2D eigenvalue weighted by Crippen LogP contribution is -2.20. The standard InChI is InChI=1S/C21H18FN5O/c1-12-8-9-16(22)18(10-12)25-21(28)24-14-5-2-4-13(11-14)15-6-3-7-17-19(15)20(23)27-26-17/h2-11H,1H3,(H3,23,26,27)(H2,24,25,28). The second kappa shape index (κ2) is 7.03. The number of aryl methyl sites for hydroxylation is 1. The predicted molar refractivity (Wildman–Crippen MR) is 110 cm³/mol. The summed E-state index contributed by atoms with van der Waals surface area (Å²) in [5, 5.41) is 13.0. The molecule has 0 bridgehead atoms. The maximum atomic E-state index is 13.8. The fourth-order valence-electron chi connectivity index (χ4n) is 3.12. The molecule has 4 rings (SSSR count). The van der Waals surface area contributed by atoms with E-state index in [1.807, 2.05) is 43.3 Å². The summed E-state index contributed by atoms with van der Waals surface area (Å²) in [5.41, 5.74) is 10.1. The van der Waals surface area contributed by atoms with Gasteiger partial charge >= 0.3 is 6.03 Å². The zero-order valence-corrected chi connectivity index (χ0v) is 15.1. The van der Waals surface area contributed by atoms with Crippen LogP contribution in [0.3, 0.4) is 0 Å². The second-order valence-electron chi connectivity index (χ2n) is 6.48. The molecule has 140 valence electrons. The van der Waals surface area contributed by atoms with Crippen molar-refractivity contribution in [2.24, 2.45) is 0 Å². The van der Waals surface area contributed by atoms with Crippen LogP contribution >= 0.6 is 0 Å². The molecule has 0 fully saturated rings. The maximum absolute atomic E-state index is 13.8. The number of anilines is 3. The van der Waals surface area contributed by atoms with Crippen LogP contribution in [0.4, 0.5) is 26.4 Å². The zero-order valence-electron chi connectivity index (χ0n) is 15.1. The second-order valence-corrected chi connectivity index (χ2v) is 6.48. The van der Waals surface area contributed by atoms with E-state index in [-0.39, 0.29) is 5.69 Å². The lowest BCUT2D eigenvalue weighted by Gasteiger charge is -2.11. The number of nitrogen functional groups attached to an aromatic ring is 1. The highest BCUT2D eigenvalue weighted by Crippen LogP contribution is 2.32. The van der Waals surface area contributed by atoms with Crippen molar-refractivity contribution >= 4 is 34.1 Å². The molecule has 1 aromatic heterocycles. The number of nitrogens with zero attached hydrogens (tertiary/aromatic N) is 1. The first kappa shape index (κ1) is 17.5. The van der Waals surface area contributed by atoms with Crippen molar-refractivity contribution in [3.8, 4) is 11.1 Å². The number of H-pyrrole nitrogens is 1. The SMILES string of the molecule is Cc1ccc(F)c(NC(=O)Nc2cccc(-c3cccc4[nH]nc(N)c34)c2)c1. The van der Waals surface area contributed by atoms with Gasteiger partial charge in [-0.15, -0.1) is 0 Å². The molecule has 0 aliphatic carbocycles. The number of aromatic nitrogens is 2. The number of amides is 2. The number of fused-ring (bicyclic) bond motifs is 1. The molecule has 0 saturated carbocycles. The van der Waals surface area contributed by atoms with E-state index in [2.05, 4.69) is 20.8 Å². The third-order valence-corrected chi connectivity index (χ3v) is 4.42. The van der Waals surface area contributed by atoms with Crippen molar-refractivity contribution in [3.63, 3.8) is 0 Å². The normalized spacial score (nSPS) is 10.8. The third kappa shape index (κ3) is 3.37. The minimum absolute atomic E-state index is 0.129. The highest BCUT2D eigenvalue weighted by molar-refractivity contribution is 6.03. The minimum atomic E-state index is -0.525. The molecule has 0 atom stereocenters. The molecular formula is C21H18FN5O. The van der Waals surface area contributed by atoms with Crippen LogP contribution in [0.5, 0.6) is 0 Å². The van der Waals surface area contributed by atoms with Crippen molar-refractivity contribution in [1.82, 2.24) is 10.2 Å². The molecular weight excluding hydrogens is 357 g/mol. The van der Waals surface area contributed by atoms with Gasteiger partial charge in [-0.1, -0.05) is 30.3 Å². The number of carbonyl (C=O) groups is 1. The van der Waals surface area contributed by atoms with Crippen LogP contribution in [0.25, 0.3) is 22.0 Å². The number of hydrogen-bond donors (Lipinski definition) is 4. The van der Waals surface area contributed by atoms with Gasteiger partial charge in [-0.05, 0) is 53.9 Å². The summed E-state index contributed by atoms with van der Waals surface area (Å²) in [5.74, 6) is -0.0757. The van der Waals surface area contributed by atoms with Crippen LogP contribution in [0.1, 0.15) is 5.56 Å². The number of hydrogen-bond acceptors (Lipinski definition) is 3. The van der Waals surface area contributed by atoms with E-state index in [0.29, 0.717) is 11.5 Å². The molecule has 0 unspecified atom stereocenters. The van der Waals surface area contributed by atoms with Crippen molar-refractivity contribution in [2.45, 2.75) is 6.92 Å². The van der Waals surface area contributed by atoms with Crippen molar-refractivity contribution in [1.29, 1.82) is 0 Å². The molecule has 0 spiro atoms. The summed E-state index contributed by atoms with van der Waals surface area (Å²) in [6.45, 7) is 1.83. The molecule has 0 radical (unpaired) electrons. The highest BCUT2D eigenvalue weighted by atomic mass is 19.1. The Kier molecular flexibility index (Phi) is 4.41. The Balaban J connectivity index is 1.59. The van der Waals surface area contributed by atoms with Gasteiger partial charge in [-0.3, -0.25) is 5.10 Å². The summed E-state index contributed by atoms with van der Waals surface area (Å²) in [6, 6.07) is 17.1. The summed E-state index contributed by atoms with van der Waals surface area (Å²) in [6.07, 6.45) is 0. The average Bonchev–Trinajstić information content (AvgIpc) is 3.06. The lowest BCUT2D eigenvalue weighted by atomic mass is 10.0. The number of urea groups is 1. The molecule has 0 saturated heterocycles. The zero-order chi connectivity index (χ0) is 19.7. The monoisotopic (exact) mass is 375 g/mol. The lowest BCUT2D eigenvalue weighted by molar-refractivity contribution is 0.262. The van der Waals surface area contributed by atoms with E-state index in [1.54, 1.807) is 18.2 Å². The summed E-state index contributed by atoms with van der Waals surface area (Å²) >= 11 is 0. The molecule has 7 heteroatoms. The van der Waals surface area contributed by atoms with Crippen LogP contribution < -0.4 is 16.4 Å². The van der Waals surface area contributed by atoms with Crippen molar-refractivity contribution in [2.75, 3.05) is 16.4 Å². The topological polar surface area (TPSA) is 95.8 Å². The fraction of sp³-hybridized carbons (Fsp3) is 0.0476. The van der Waals surface area contributed by atoms with E-state index < -0.39 is 11.8 Å². The van der Waals surface area contributed by atoms with Gasteiger partial charge in [0.25, 0.3) is 0 Å². The number of aromatic amines is 1. The average molecular weight is 375 g/mol. The maximum Gasteiger partial charge on any atom is 0.323 e. The molecule has 5 N–H and O–H groups in total. The van der Waals surface area contributed by atoms with E-state index in [9.17, 15) is 9.18 Å². The summed E-state index contributed by atoms with van der Waals surface area (Å²) < 4.78 is 13.8. The molecule has 4 aromatic rings. The fourth-order valence-corrected chi connectivity index (χ4v) is 3.12. The minimum Gasteiger partial charge on any atom is -0.382 e. The quantitative estimate of drug-likeness (QED) is 0.410. The number of nitrogens with one attached hydrogen (secondary N) is 3. The third-order valence-electron chi connectivity index (χ3n) is 4.42. The molecule has 28 heavy (non-hydrogen) atoms. The van der Waals surface area contributed by atoms with Crippen LogP contribution in [0, 0.1) is 12.7 Å². The first-order chi connectivity index (χ1) is 13.5. The van der Waals surface area contributed by atoms with Crippen LogP contribution in [-0.4, -0.2) is 16.2 Å². The van der Waals surface area contributed by atoms with Gasteiger partial charge in [0.05, 0.1) is 16.6 Å². The number of carbonyl (C=O) groups excluding carboxylic acids is 1. The van der Waals surface area contributed by atoms with E-state index >= 15 is 0 Å². The summed E-state index contributed by atoms with van der Waals surface area (Å²) in [7, 11) is 0. The van der Waals surface area contributed by atoms with Gasteiger partial charge in [0.1, 0.15) is 5.82 Å². The van der Waals surface area contributed by atoms with Crippen LogP contribution in [0.2, 0.25) is 0 Å². The smallest absolute Gasteiger partial charge is 0.323 e. The first-order valence-corrected chi connectivity index (χ1v) is 8.68. The van der Waals surface area contributed by atoms with Gasteiger partial charge in [0, 0.05) is 5.69 Å². The molecule has 1 heterocycles. The Hall–Kier alpha value is -3.87. The van der Waals surface area contributed by atoms with E-state index in [4.69, 9.17) is 5.73 Å². The largest absolute Gasteiger partial charge is 0.382 e. The van der Waals surface area contributed by atoms with Crippen molar-refractivity contribution in [3.05, 3.63) is 72.0 Å². The molecule has 0 aliphatic heterocycles. The predicted octanol–water partition coefficient (Wildman–Crippen LogP) is 4.90. The first-order valence-electron chi connectivity index (χ1n) is 8.68. The Labute approximate surface area is 160 Å². The van der Waals surface area contributed by atoms with Gasteiger partial charge in [0.15, 0.2) is 5.82 Å². The number of benzene rings is 3. The molecule has 2 amide bonds. The van der Waals surface area contributed by atoms with Gasteiger partial charge in [-0.2, -0.15) is 5.10 Å². The van der Waals surface area contributed by atoms with Gasteiger partial charge in [-0.25, -0.2) is 9.18 Å².